The quantitative estimate of drug-likeness (QED) is 0.903. The molecule has 2 rings (SSSR count). The van der Waals surface area contributed by atoms with Crippen molar-refractivity contribution in [1.82, 2.24) is 4.31 Å². The summed E-state index contributed by atoms with van der Waals surface area (Å²) in [6, 6.07) is 1.58. The molecular weight excluding hydrogens is 313 g/mol. The van der Waals surface area contributed by atoms with Gasteiger partial charge in [-0.15, -0.1) is 0 Å². The summed E-state index contributed by atoms with van der Waals surface area (Å²) in [5.74, 6) is -2.58. The number of carboxylic acids is 1. The van der Waals surface area contributed by atoms with Crippen LogP contribution in [0.4, 0.5) is 4.39 Å². The number of morpholine rings is 1. The number of halogens is 2. The van der Waals surface area contributed by atoms with Gasteiger partial charge < -0.3 is 9.84 Å². The molecular formula is C11H11ClFNO5S. The molecule has 1 aromatic carbocycles. The van der Waals surface area contributed by atoms with Gasteiger partial charge in [-0.2, -0.15) is 4.31 Å². The normalized spacial score (nSPS) is 17.1. The summed E-state index contributed by atoms with van der Waals surface area (Å²) in [5.41, 5.74) is -0.585. The number of sulfonamides is 1. The molecule has 6 nitrogen and oxygen atoms in total. The van der Waals surface area contributed by atoms with Gasteiger partial charge in [-0.3, -0.25) is 0 Å². The first-order valence-corrected chi connectivity index (χ1v) is 7.46. The summed E-state index contributed by atoms with van der Waals surface area (Å²) in [6.07, 6.45) is 0. The summed E-state index contributed by atoms with van der Waals surface area (Å²) in [6.45, 7) is 0.742. The van der Waals surface area contributed by atoms with Gasteiger partial charge in [-0.25, -0.2) is 17.6 Å². The zero-order valence-corrected chi connectivity index (χ0v) is 11.7. The molecule has 1 N–H and O–H groups in total. The fourth-order valence-electron chi connectivity index (χ4n) is 1.80. The molecule has 0 aliphatic carbocycles. The van der Waals surface area contributed by atoms with Crippen LogP contribution in [-0.2, 0) is 14.8 Å². The molecule has 0 spiro atoms. The Hall–Kier alpha value is -1.22. The predicted molar refractivity (Wildman–Crippen MR) is 67.9 cm³/mol. The van der Waals surface area contributed by atoms with Gasteiger partial charge in [0.2, 0.25) is 10.0 Å². The Kier molecular flexibility index (Phi) is 4.28. The van der Waals surface area contributed by atoms with E-state index in [0.717, 1.165) is 16.4 Å². The van der Waals surface area contributed by atoms with Crippen molar-refractivity contribution in [3.63, 3.8) is 0 Å². The highest BCUT2D eigenvalue weighted by Gasteiger charge is 2.29. The van der Waals surface area contributed by atoms with E-state index >= 15 is 0 Å². The minimum atomic E-state index is -3.97. The standard InChI is InChI=1S/C11H11ClFNO5S/c12-10-8(11(15)16)5-7(6-9(10)13)20(17,18)14-1-3-19-4-2-14/h5-6H,1-4H2,(H,15,16). The third-order valence-electron chi connectivity index (χ3n) is 2.84. The first-order chi connectivity index (χ1) is 9.34. The molecule has 0 atom stereocenters. The van der Waals surface area contributed by atoms with Crippen LogP contribution in [-0.4, -0.2) is 50.1 Å². The third kappa shape index (κ3) is 2.78. The minimum Gasteiger partial charge on any atom is -0.478 e. The molecule has 0 radical (unpaired) electrons. The van der Waals surface area contributed by atoms with Gasteiger partial charge in [0, 0.05) is 13.1 Å². The van der Waals surface area contributed by atoms with Crippen LogP contribution in [0.5, 0.6) is 0 Å². The van der Waals surface area contributed by atoms with Crippen LogP contribution in [0.25, 0.3) is 0 Å². The van der Waals surface area contributed by atoms with Crippen molar-refractivity contribution < 1.29 is 27.4 Å². The van der Waals surface area contributed by atoms with Gasteiger partial charge in [0.15, 0.2) is 0 Å². The Morgan fingerprint density at radius 1 is 1.35 bits per heavy atom. The number of ether oxygens (including phenoxy) is 1. The van der Waals surface area contributed by atoms with E-state index in [1.54, 1.807) is 0 Å². The third-order valence-corrected chi connectivity index (χ3v) is 5.10. The van der Waals surface area contributed by atoms with E-state index in [-0.39, 0.29) is 26.3 Å². The first-order valence-electron chi connectivity index (χ1n) is 5.64. The molecule has 20 heavy (non-hydrogen) atoms. The minimum absolute atomic E-state index is 0.134. The molecule has 110 valence electrons. The van der Waals surface area contributed by atoms with Crippen LogP contribution in [0, 0.1) is 5.82 Å². The number of carboxylic acid groups (broad SMARTS) is 1. The number of hydrogen-bond donors (Lipinski definition) is 1. The highest BCUT2D eigenvalue weighted by Crippen LogP contribution is 2.26. The molecule has 1 aromatic rings. The van der Waals surface area contributed by atoms with E-state index in [9.17, 15) is 17.6 Å². The van der Waals surface area contributed by atoms with Crippen molar-refractivity contribution in [2.45, 2.75) is 4.90 Å². The van der Waals surface area contributed by atoms with E-state index in [1.165, 1.54) is 0 Å². The van der Waals surface area contributed by atoms with Crippen LogP contribution >= 0.6 is 11.6 Å². The second kappa shape index (κ2) is 5.65. The topological polar surface area (TPSA) is 83.9 Å². The lowest BCUT2D eigenvalue weighted by Crippen LogP contribution is -2.40. The second-order valence-corrected chi connectivity index (χ2v) is 6.40. The molecule has 1 heterocycles. The molecule has 0 aromatic heterocycles. The molecule has 1 fully saturated rings. The second-order valence-electron chi connectivity index (χ2n) is 4.09. The van der Waals surface area contributed by atoms with Gasteiger partial charge in [-0.05, 0) is 12.1 Å². The maximum absolute atomic E-state index is 13.6. The molecule has 1 saturated heterocycles. The molecule has 1 aliphatic heterocycles. The zero-order valence-electron chi connectivity index (χ0n) is 10.2. The van der Waals surface area contributed by atoms with Crippen molar-refractivity contribution >= 4 is 27.6 Å². The Balaban J connectivity index is 2.49. The van der Waals surface area contributed by atoms with Crippen molar-refractivity contribution in [2.75, 3.05) is 26.3 Å². The number of rotatable bonds is 3. The molecule has 0 saturated carbocycles. The van der Waals surface area contributed by atoms with Gasteiger partial charge in [0.1, 0.15) is 5.82 Å². The van der Waals surface area contributed by atoms with Crippen LogP contribution in [0.3, 0.4) is 0 Å². The average Bonchev–Trinajstić information content (AvgIpc) is 2.42. The number of benzene rings is 1. The van der Waals surface area contributed by atoms with Crippen LogP contribution in [0.1, 0.15) is 10.4 Å². The van der Waals surface area contributed by atoms with Crippen molar-refractivity contribution in [1.29, 1.82) is 0 Å². The van der Waals surface area contributed by atoms with Crippen molar-refractivity contribution in [3.05, 3.63) is 28.5 Å². The van der Waals surface area contributed by atoms with Crippen molar-refractivity contribution in [3.8, 4) is 0 Å². The van der Waals surface area contributed by atoms with E-state index < -0.39 is 37.3 Å². The predicted octanol–water partition coefficient (Wildman–Crippen LogP) is 1.20. The van der Waals surface area contributed by atoms with Crippen LogP contribution in [0.15, 0.2) is 17.0 Å². The maximum Gasteiger partial charge on any atom is 0.337 e. The Bertz CT molecular complexity index is 642. The summed E-state index contributed by atoms with van der Waals surface area (Å²) < 4.78 is 44.3. The number of aromatic carboxylic acids is 1. The summed E-state index contributed by atoms with van der Waals surface area (Å²) >= 11 is 5.51. The monoisotopic (exact) mass is 323 g/mol. The van der Waals surface area contributed by atoms with Gasteiger partial charge in [-0.1, -0.05) is 11.6 Å². The largest absolute Gasteiger partial charge is 0.478 e. The number of carbonyl (C=O) groups is 1. The molecule has 0 unspecified atom stereocenters. The lowest BCUT2D eigenvalue weighted by molar-refractivity contribution is 0.0695. The Morgan fingerprint density at radius 3 is 2.50 bits per heavy atom. The van der Waals surface area contributed by atoms with E-state index in [2.05, 4.69) is 0 Å². The van der Waals surface area contributed by atoms with E-state index in [0.29, 0.717) is 0 Å². The van der Waals surface area contributed by atoms with Gasteiger partial charge >= 0.3 is 5.97 Å². The van der Waals surface area contributed by atoms with Gasteiger partial charge in [0.25, 0.3) is 0 Å². The maximum atomic E-state index is 13.6. The highest BCUT2D eigenvalue weighted by molar-refractivity contribution is 7.89. The number of hydrogen-bond acceptors (Lipinski definition) is 4. The van der Waals surface area contributed by atoms with Gasteiger partial charge in [0.05, 0.1) is 28.7 Å². The van der Waals surface area contributed by atoms with Crippen LogP contribution in [0.2, 0.25) is 5.02 Å². The molecule has 0 bridgehead atoms. The first kappa shape index (κ1) is 15.2. The summed E-state index contributed by atoms with van der Waals surface area (Å²) in [7, 11) is -3.97. The van der Waals surface area contributed by atoms with E-state index in [4.69, 9.17) is 21.4 Å². The molecule has 1 aliphatic rings. The van der Waals surface area contributed by atoms with Crippen molar-refractivity contribution in [2.24, 2.45) is 0 Å². The Labute approximate surface area is 119 Å². The number of nitrogens with zero attached hydrogens (tertiary/aromatic N) is 1. The average molecular weight is 324 g/mol. The lowest BCUT2D eigenvalue weighted by atomic mass is 10.2. The van der Waals surface area contributed by atoms with Crippen LogP contribution < -0.4 is 0 Å². The lowest BCUT2D eigenvalue weighted by Gasteiger charge is -2.26. The molecule has 9 heteroatoms. The molecule has 0 amide bonds. The summed E-state index contributed by atoms with van der Waals surface area (Å²) in [5, 5.41) is 8.30. The summed E-state index contributed by atoms with van der Waals surface area (Å²) in [4.78, 5) is 10.5. The fraction of sp³-hybridized carbons (Fsp3) is 0.364. The Morgan fingerprint density at radius 2 is 1.95 bits per heavy atom. The fourth-order valence-corrected chi connectivity index (χ4v) is 3.44. The zero-order chi connectivity index (χ0) is 14.9. The van der Waals surface area contributed by atoms with E-state index in [1.807, 2.05) is 0 Å². The highest BCUT2D eigenvalue weighted by atomic mass is 35.5. The SMILES string of the molecule is O=C(O)c1cc(S(=O)(=O)N2CCOCC2)cc(F)c1Cl. The smallest absolute Gasteiger partial charge is 0.337 e.